The zero-order valence-corrected chi connectivity index (χ0v) is 10.3. The van der Waals surface area contributed by atoms with Crippen LogP contribution >= 0.6 is 0 Å². The molecular formula is C10H10F3N5O2. The molecular weight excluding hydrogens is 279 g/mol. The Hall–Kier alpha value is -2.20. The van der Waals surface area contributed by atoms with Crippen molar-refractivity contribution in [1.82, 2.24) is 19.8 Å². The molecule has 0 radical (unpaired) electrons. The van der Waals surface area contributed by atoms with Crippen LogP contribution in [-0.4, -0.2) is 19.8 Å². The van der Waals surface area contributed by atoms with Crippen LogP contribution in [0.4, 0.5) is 13.2 Å². The number of aromatic nitrogens is 4. The van der Waals surface area contributed by atoms with Crippen molar-refractivity contribution in [2.45, 2.75) is 13.0 Å². The molecule has 0 saturated carbocycles. The topological polar surface area (TPSA) is 88.0 Å². The van der Waals surface area contributed by atoms with Gasteiger partial charge < -0.3 is 0 Å². The molecule has 2 N–H and O–H groups in total. The third-order valence-electron chi connectivity index (χ3n) is 2.67. The van der Waals surface area contributed by atoms with Crippen LogP contribution in [0.5, 0.6) is 0 Å². The lowest BCUT2D eigenvalue weighted by molar-refractivity contribution is 0.113. The van der Waals surface area contributed by atoms with E-state index in [2.05, 4.69) is 15.3 Å². The van der Waals surface area contributed by atoms with E-state index in [0.717, 1.165) is 16.8 Å². The lowest BCUT2D eigenvalue weighted by Gasteiger charge is -2.13. The van der Waals surface area contributed by atoms with Crippen molar-refractivity contribution in [1.29, 1.82) is 0 Å². The van der Waals surface area contributed by atoms with Crippen LogP contribution in [0.2, 0.25) is 0 Å². The van der Waals surface area contributed by atoms with Crippen molar-refractivity contribution in [2.24, 2.45) is 12.9 Å². The third-order valence-corrected chi connectivity index (χ3v) is 2.67. The zero-order valence-electron chi connectivity index (χ0n) is 10.3. The molecule has 0 spiro atoms. The number of nitrogens with zero attached hydrogens (tertiary/aromatic N) is 4. The van der Waals surface area contributed by atoms with E-state index in [9.17, 15) is 18.0 Å². The van der Waals surface area contributed by atoms with Crippen LogP contribution in [0.25, 0.3) is 5.69 Å². The molecule has 0 fully saturated rings. The van der Waals surface area contributed by atoms with Gasteiger partial charge in [0, 0.05) is 18.2 Å². The molecule has 0 aliphatic carbocycles. The molecule has 1 aromatic heterocycles. The number of rotatable bonds is 4. The second-order valence-corrected chi connectivity index (χ2v) is 3.87. The Bertz CT molecular complexity index is 682. The van der Waals surface area contributed by atoms with Crippen LogP contribution < -0.4 is 11.6 Å². The number of hydrogen-bond donors (Lipinski definition) is 1. The maximum atomic E-state index is 13.9. The summed E-state index contributed by atoms with van der Waals surface area (Å²) < 4.78 is 41.2. The molecule has 0 bridgehead atoms. The first-order valence-corrected chi connectivity index (χ1v) is 5.37. The first-order valence-electron chi connectivity index (χ1n) is 5.37. The highest BCUT2D eigenvalue weighted by Gasteiger charge is 2.23. The van der Waals surface area contributed by atoms with E-state index in [4.69, 9.17) is 5.90 Å². The molecule has 10 heteroatoms. The predicted octanol–water partition coefficient (Wildman–Crippen LogP) is 0.433. The number of tetrazole rings is 1. The molecule has 0 atom stereocenters. The monoisotopic (exact) mass is 289 g/mol. The van der Waals surface area contributed by atoms with E-state index < -0.39 is 35.8 Å². The van der Waals surface area contributed by atoms with Crippen molar-refractivity contribution in [3.8, 4) is 5.69 Å². The third kappa shape index (κ3) is 2.30. The minimum absolute atomic E-state index is 0.259. The normalized spacial score (nSPS) is 11.3. The van der Waals surface area contributed by atoms with Gasteiger partial charge in [-0.15, -0.1) is 0 Å². The Morgan fingerprint density at radius 2 is 2.10 bits per heavy atom. The number of nitrogens with two attached hydrogens (primary N) is 1. The number of hydrogen-bond acceptors (Lipinski definition) is 5. The molecule has 0 unspecified atom stereocenters. The number of benzene rings is 1. The fraction of sp³-hybridized carbons (Fsp3) is 0.300. The molecule has 108 valence electrons. The standard InChI is InChI=1S/C10H10F3N5O2/c1-17-10(19)18(16-15-17)8-6(4-20-14)5(9(12)13)2-3-7(8)11/h2-3,9H,4,14H2,1H3. The summed E-state index contributed by atoms with van der Waals surface area (Å²) in [5.74, 6) is 3.96. The van der Waals surface area contributed by atoms with Gasteiger partial charge in [0.1, 0.15) is 11.5 Å². The summed E-state index contributed by atoms with van der Waals surface area (Å²) in [6.07, 6.45) is -2.88. The molecule has 7 nitrogen and oxygen atoms in total. The van der Waals surface area contributed by atoms with Gasteiger partial charge in [-0.3, -0.25) is 4.84 Å². The molecule has 0 aliphatic rings. The Balaban J connectivity index is 2.76. The van der Waals surface area contributed by atoms with E-state index in [-0.39, 0.29) is 5.56 Å². The Morgan fingerprint density at radius 3 is 2.60 bits per heavy atom. The van der Waals surface area contributed by atoms with E-state index in [1.54, 1.807) is 0 Å². The van der Waals surface area contributed by atoms with Crippen molar-refractivity contribution in [3.63, 3.8) is 0 Å². The molecule has 2 aromatic rings. The summed E-state index contributed by atoms with van der Waals surface area (Å²) in [5.41, 5.74) is -1.99. The van der Waals surface area contributed by atoms with Gasteiger partial charge in [0.25, 0.3) is 6.43 Å². The average molecular weight is 289 g/mol. The largest absolute Gasteiger partial charge is 0.368 e. The summed E-state index contributed by atoms with van der Waals surface area (Å²) in [6.45, 7) is -0.504. The van der Waals surface area contributed by atoms with Gasteiger partial charge in [-0.25, -0.2) is 23.9 Å². The van der Waals surface area contributed by atoms with Gasteiger partial charge in [-0.2, -0.15) is 9.36 Å². The SMILES string of the molecule is Cn1nnn(-c2c(F)ccc(C(F)F)c2CON)c1=O. The van der Waals surface area contributed by atoms with Crippen molar-refractivity contribution >= 4 is 0 Å². The van der Waals surface area contributed by atoms with Gasteiger partial charge in [0.05, 0.1) is 6.61 Å². The molecule has 0 saturated heterocycles. The maximum Gasteiger partial charge on any atom is 0.368 e. The van der Waals surface area contributed by atoms with Gasteiger partial charge in [-0.05, 0) is 22.6 Å². The molecule has 20 heavy (non-hydrogen) atoms. The second kappa shape index (κ2) is 5.43. The van der Waals surface area contributed by atoms with Gasteiger partial charge in [-0.1, -0.05) is 0 Å². The number of alkyl halides is 2. The van der Waals surface area contributed by atoms with Crippen molar-refractivity contribution in [3.05, 3.63) is 39.6 Å². The lowest BCUT2D eigenvalue weighted by Crippen LogP contribution is -2.24. The smallest absolute Gasteiger partial charge is 0.300 e. The first-order chi connectivity index (χ1) is 9.47. The molecule has 0 aliphatic heterocycles. The minimum Gasteiger partial charge on any atom is -0.300 e. The number of aryl methyl sites for hydroxylation is 1. The lowest BCUT2D eigenvalue weighted by atomic mass is 10.1. The van der Waals surface area contributed by atoms with E-state index in [0.29, 0.717) is 4.68 Å². The molecule has 0 amide bonds. The van der Waals surface area contributed by atoms with Crippen LogP contribution in [0.1, 0.15) is 17.6 Å². The van der Waals surface area contributed by atoms with Crippen LogP contribution in [0.3, 0.4) is 0 Å². The highest BCUT2D eigenvalue weighted by Crippen LogP contribution is 2.29. The zero-order chi connectivity index (χ0) is 14.9. The minimum atomic E-state index is -2.88. The summed E-state index contributed by atoms with van der Waals surface area (Å²) in [4.78, 5) is 16.0. The quantitative estimate of drug-likeness (QED) is 0.825. The fourth-order valence-electron chi connectivity index (χ4n) is 1.75. The Morgan fingerprint density at radius 1 is 1.40 bits per heavy atom. The van der Waals surface area contributed by atoms with Crippen molar-refractivity contribution < 1.29 is 18.0 Å². The van der Waals surface area contributed by atoms with Gasteiger partial charge >= 0.3 is 5.69 Å². The van der Waals surface area contributed by atoms with Gasteiger partial charge in [0.15, 0.2) is 0 Å². The predicted molar refractivity (Wildman–Crippen MR) is 60.5 cm³/mol. The van der Waals surface area contributed by atoms with Gasteiger partial charge in [0.2, 0.25) is 0 Å². The summed E-state index contributed by atoms with van der Waals surface area (Å²) in [6, 6.07) is 1.72. The summed E-state index contributed by atoms with van der Waals surface area (Å²) >= 11 is 0. The highest BCUT2D eigenvalue weighted by atomic mass is 19.3. The average Bonchev–Trinajstić information content (AvgIpc) is 2.71. The fourth-order valence-corrected chi connectivity index (χ4v) is 1.75. The van der Waals surface area contributed by atoms with Crippen LogP contribution in [-0.2, 0) is 18.5 Å². The summed E-state index contributed by atoms with van der Waals surface area (Å²) in [5, 5.41) is 6.83. The van der Waals surface area contributed by atoms with E-state index >= 15 is 0 Å². The van der Waals surface area contributed by atoms with Crippen molar-refractivity contribution in [2.75, 3.05) is 0 Å². The van der Waals surface area contributed by atoms with Crippen LogP contribution in [0.15, 0.2) is 16.9 Å². The Labute approximate surface area is 110 Å². The molecule has 1 heterocycles. The highest BCUT2D eigenvalue weighted by molar-refractivity contribution is 5.46. The van der Waals surface area contributed by atoms with Crippen LogP contribution in [0, 0.1) is 5.82 Å². The first kappa shape index (κ1) is 14.2. The number of halogens is 3. The molecule has 2 rings (SSSR count). The summed E-state index contributed by atoms with van der Waals surface area (Å²) in [7, 11) is 1.29. The van der Waals surface area contributed by atoms with E-state index in [1.807, 2.05) is 0 Å². The molecule has 1 aromatic carbocycles. The maximum absolute atomic E-state index is 13.9. The van der Waals surface area contributed by atoms with E-state index in [1.165, 1.54) is 7.05 Å². The second-order valence-electron chi connectivity index (χ2n) is 3.87. The Kier molecular flexibility index (Phi) is 3.86.